The average Bonchev–Trinajstić information content (AvgIpc) is 3.45. The van der Waals surface area contributed by atoms with Gasteiger partial charge < -0.3 is 20.5 Å². The van der Waals surface area contributed by atoms with Crippen LogP contribution in [0.25, 0.3) is 5.69 Å². The number of nitro benzene ring substituents is 1. The van der Waals surface area contributed by atoms with Crippen molar-refractivity contribution in [3.05, 3.63) is 94.3 Å². The number of nitro groups is 1. The average molecular weight is 688 g/mol. The van der Waals surface area contributed by atoms with Crippen LogP contribution in [0.15, 0.2) is 77.7 Å². The maximum absolute atomic E-state index is 13.3. The summed E-state index contributed by atoms with van der Waals surface area (Å²) < 4.78 is 76.7. The topological polar surface area (TPSA) is 175 Å². The van der Waals surface area contributed by atoms with E-state index in [-0.39, 0.29) is 35.5 Å². The zero-order valence-electron chi connectivity index (χ0n) is 25.0. The molecule has 3 heterocycles. The Labute approximate surface area is 271 Å². The summed E-state index contributed by atoms with van der Waals surface area (Å²) in [5.41, 5.74) is 6.88. The zero-order valence-corrected chi connectivity index (χ0v) is 25.8. The summed E-state index contributed by atoms with van der Waals surface area (Å²) in [7, 11) is -4.13. The molecule has 18 heteroatoms. The molecule has 0 radical (unpaired) electrons. The van der Waals surface area contributed by atoms with Crippen molar-refractivity contribution in [2.45, 2.75) is 23.7 Å². The van der Waals surface area contributed by atoms with Gasteiger partial charge in [-0.05, 0) is 48.9 Å². The van der Waals surface area contributed by atoms with Crippen LogP contribution in [-0.2, 0) is 10.0 Å². The Morgan fingerprint density at radius 1 is 0.979 bits per heavy atom. The van der Waals surface area contributed by atoms with E-state index in [0.717, 1.165) is 18.2 Å². The lowest BCUT2D eigenvalue weighted by atomic mass is 10.0. The molecule has 1 atom stereocenters. The summed E-state index contributed by atoms with van der Waals surface area (Å²) in [4.78, 5) is 25.1. The molecule has 1 aromatic heterocycles. The number of carbonyl (C=O) groups is 1. The van der Waals surface area contributed by atoms with Gasteiger partial charge in [-0.25, -0.2) is 13.1 Å². The Hall–Kier alpha value is -5.20. The van der Waals surface area contributed by atoms with Gasteiger partial charge >= 0.3 is 6.36 Å². The minimum absolute atomic E-state index is 0.0870. The number of anilines is 1. The van der Waals surface area contributed by atoms with Crippen LogP contribution >= 0.6 is 0 Å². The number of nitrogens with one attached hydrogen (secondary N) is 1. The van der Waals surface area contributed by atoms with Gasteiger partial charge in [-0.2, -0.15) is 9.40 Å². The number of nitrogens with two attached hydrogens (primary N) is 1. The molecule has 48 heavy (non-hydrogen) atoms. The van der Waals surface area contributed by atoms with Gasteiger partial charge in [0.05, 0.1) is 22.3 Å². The molecule has 252 valence electrons. The first kappa shape index (κ1) is 32.7. The van der Waals surface area contributed by atoms with E-state index in [1.165, 1.54) is 39.3 Å². The molecule has 3 aromatic carbocycles. The third-order valence-electron chi connectivity index (χ3n) is 7.93. The van der Waals surface area contributed by atoms with Crippen molar-refractivity contribution < 1.29 is 40.8 Å². The fourth-order valence-electron chi connectivity index (χ4n) is 5.83. The first-order chi connectivity index (χ1) is 22.8. The highest BCUT2D eigenvalue weighted by Gasteiger charge is 2.38. The van der Waals surface area contributed by atoms with Crippen LogP contribution in [0.1, 0.15) is 28.6 Å². The highest BCUT2D eigenvalue weighted by molar-refractivity contribution is 7.89. The minimum Gasteiger partial charge on any atom is -0.457 e. The van der Waals surface area contributed by atoms with Gasteiger partial charge in [-0.15, -0.1) is 13.2 Å². The summed E-state index contributed by atoms with van der Waals surface area (Å²) in [5.74, 6) is -0.766. The first-order valence-electron chi connectivity index (χ1n) is 14.6. The highest BCUT2D eigenvalue weighted by atomic mass is 32.2. The van der Waals surface area contributed by atoms with Crippen molar-refractivity contribution >= 4 is 27.3 Å². The molecule has 0 saturated carbocycles. The van der Waals surface area contributed by atoms with Crippen LogP contribution in [0.2, 0.25) is 0 Å². The largest absolute Gasteiger partial charge is 0.573 e. The predicted molar refractivity (Wildman–Crippen MR) is 165 cm³/mol. The molecular weight excluding hydrogens is 659 g/mol. The Morgan fingerprint density at radius 2 is 1.67 bits per heavy atom. The molecule has 0 unspecified atom stereocenters. The monoisotopic (exact) mass is 687 g/mol. The number of para-hydroxylation sites is 1. The standard InChI is InChI=1S/C30H28F3N7O7S/c31-30(32,33)47-22-5-3-4-21(18-22)46-20-10-8-19(9-11-20)39-28(29(34)41)27-26(36-39)24(12-13-35-27)37-14-16-38(17-15-37)48(44,45)25-7-2-1-6-23(25)40(42)43/h1-11,18,24,35H,12-17H2,(H2,34,41)/t24-/m1/s1. The number of piperazine rings is 1. The van der Waals surface area contributed by atoms with Crippen LogP contribution in [0, 0.1) is 10.1 Å². The van der Waals surface area contributed by atoms with E-state index in [4.69, 9.17) is 15.6 Å². The number of nitrogens with zero attached hydrogens (tertiary/aromatic N) is 5. The number of carbonyl (C=O) groups excluding carboxylic acids is 1. The lowest BCUT2D eigenvalue weighted by Gasteiger charge is -2.39. The van der Waals surface area contributed by atoms with Gasteiger partial charge in [0.25, 0.3) is 11.6 Å². The van der Waals surface area contributed by atoms with Crippen molar-refractivity contribution in [1.82, 2.24) is 19.0 Å². The number of benzene rings is 3. The van der Waals surface area contributed by atoms with Crippen molar-refractivity contribution in [1.29, 1.82) is 0 Å². The van der Waals surface area contributed by atoms with E-state index < -0.39 is 38.7 Å². The van der Waals surface area contributed by atoms with E-state index in [9.17, 15) is 36.5 Å². The second kappa shape index (κ2) is 12.8. The summed E-state index contributed by atoms with van der Waals surface area (Å²) in [5, 5.41) is 19.4. The number of primary amides is 1. The molecule has 2 aliphatic heterocycles. The Morgan fingerprint density at radius 3 is 2.33 bits per heavy atom. The third kappa shape index (κ3) is 6.62. The number of hydrogen-bond acceptors (Lipinski definition) is 10. The van der Waals surface area contributed by atoms with Gasteiger partial charge in [-0.1, -0.05) is 18.2 Å². The molecule has 4 aromatic rings. The summed E-state index contributed by atoms with van der Waals surface area (Å²) in [6.45, 7) is 1.28. The lowest BCUT2D eigenvalue weighted by molar-refractivity contribution is -0.387. The van der Waals surface area contributed by atoms with E-state index in [0.29, 0.717) is 48.9 Å². The van der Waals surface area contributed by atoms with Crippen LogP contribution in [-0.4, -0.2) is 77.3 Å². The van der Waals surface area contributed by atoms with Gasteiger partial charge in [0, 0.05) is 44.9 Å². The molecule has 0 bridgehead atoms. The van der Waals surface area contributed by atoms with Crippen LogP contribution in [0.5, 0.6) is 17.2 Å². The number of aromatic nitrogens is 2. The zero-order chi connectivity index (χ0) is 34.2. The van der Waals surface area contributed by atoms with Gasteiger partial charge in [-0.3, -0.25) is 19.8 Å². The molecular formula is C30H28F3N7O7S. The molecule has 3 N–H and O–H groups in total. The molecule has 1 fully saturated rings. The Kier molecular flexibility index (Phi) is 8.71. The number of rotatable bonds is 9. The molecule has 6 rings (SSSR count). The van der Waals surface area contributed by atoms with E-state index in [1.807, 2.05) is 0 Å². The smallest absolute Gasteiger partial charge is 0.457 e. The number of ether oxygens (including phenoxy) is 2. The molecule has 2 aliphatic rings. The second-order valence-electron chi connectivity index (χ2n) is 10.9. The molecule has 0 aliphatic carbocycles. The number of amides is 1. The van der Waals surface area contributed by atoms with Crippen molar-refractivity contribution in [3.63, 3.8) is 0 Å². The maximum Gasteiger partial charge on any atom is 0.573 e. The number of hydrogen-bond donors (Lipinski definition) is 2. The van der Waals surface area contributed by atoms with Gasteiger partial charge in [0.1, 0.15) is 22.9 Å². The predicted octanol–water partition coefficient (Wildman–Crippen LogP) is 4.43. The Balaban J connectivity index is 1.20. The number of fused-ring (bicyclic) bond motifs is 1. The fraction of sp³-hybridized carbons (Fsp3) is 0.267. The normalized spacial score (nSPS) is 17.3. The van der Waals surface area contributed by atoms with Crippen molar-refractivity contribution in [3.8, 4) is 22.9 Å². The number of alkyl halides is 3. The summed E-state index contributed by atoms with van der Waals surface area (Å²) in [6, 6.07) is 16.3. The maximum atomic E-state index is 13.3. The second-order valence-corrected chi connectivity index (χ2v) is 12.8. The highest BCUT2D eigenvalue weighted by Crippen LogP contribution is 2.38. The van der Waals surface area contributed by atoms with Crippen LogP contribution in [0.4, 0.5) is 24.5 Å². The minimum atomic E-state index is -4.85. The van der Waals surface area contributed by atoms with Crippen LogP contribution < -0.4 is 20.5 Å². The first-order valence-corrected chi connectivity index (χ1v) is 16.0. The fourth-order valence-corrected chi connectivity index (χ4v) is 7.41. The molecule has 14 nitrogen and oxygen atoms in total. The van der Waals surface area contributed by atoms with Gasteiger partial charge in [0.2, 0.25) is 10.0 Å². The van der Waals surface area contributed by atoms with Crippen molar-refractivity contribution in [2.24, 2.45) is 5.73 Å². The Bertz CT molecular complexity index is 1960. The number of halogens is 3. The number of sulfonamides is 1. The third-order valence-corrected chi connectivity index (χ3v) is 9.88. The van der Waals surface area contributed by atoms with E-state index in [2.05, 4.69) is 15.0 Å². The van der Waals surface area contributed by atoms with Crippen molar-refractivity contribution in [2.75, 3.05) is 38.0 Å². The molecule has 1 saturated heterocycles. The molecule has 0 spiro atoms. The molecule has 1 amide bonds. The van der Waals surface area contributed by atoms with Crippen LogP contribution in [0.3, 0.4) is 0 Å². The summed E-state index contributed by atoms with van der Waals surface area (Å²) in [6.07, 6.45) is -4.25. The van der Waals surface area contributed by atoms with E-state index >= 15 is 0 Å². The quantitative estimate of drug-likeness (QED) is 0.189. The lowest BCUT2D eigenvalue weighted by Crippen LogP contribution is -2.50. The van der Waals surface area contributed by atoms with E-state index in [1.54, 1.807) is 24.3 Å². The SMILES string of the molecule is NC(=O)c1c2c(nn1-c1ccc(Oc3cccc(OC(F)(F)F)c3)cc1)[C@H](N1CCN(S(=O)(=O)c3ccccc3[N+](=O)[O-])CC1)CCN2. The summed E-state index contributed by atoms with van der Waals surface area (Å²) >= 11 is 0. The van der Waals surface area contributed by atoms with Gasteiger partial charge in [0.15, 0.2) is 10.6 Å².